The highest BCUT2D eigenvalue weighted by Gasteiger charge is 2.59. The van der Waals surface area contributed by atoms with Crippen LogP contribution in [0.15, 0.2) is 265 Å². The van der Waals surface area contributed by atoms with E-state index in [1.807, 2.05) is 17.8 Å². The standard InChI is InChI=1S/C70H42N2S/c1-2-17-46(18-3-1)68-71-64(42-65(72-68)54-25-15-19-44-16-4-5-22-50(44)54)45-34-32-43(33-35-45)47-36-39-59-56(41-47)55-38-37-51-48-20-14-21-49(40-48)73-67(51)66(55)70(59)62-30-12-10-28-60(62)69(61-29-11-13-31-63(61)70)57-26-8-6-23-52(57)53-24-7-9-27-58(53)69/h1-42H. The SMILES string of the molecule is c1ccc(-c2nc(-c3ccc(-c4ccc5c(c4)-c4ccc6c(c4C54c5ccccc5C5(c7ccccc7-c7ccccc75)c5ccccc54)Sc4cccc-6c4)cc3)cc(-c3cccc4ccccc34)n2)cc1. The van der Waals surface area contributed by atoms with Gasteiger partial charge in [-0.25, -0.2) is 9.97 Å². The lowest BCUT2D eigenvalue weighted by molar-refractivity contribution is 0.627. The third-order valence-electron chi connectivity index (χ3n) is 16.4. The summed E-state index contributed by atoms with van der Waals surface area (Å²) in [6.07, 6.45) is 0. The van der Waals surface area contributed by atoms with Gasteiger partial charge in [-0.1, -0.05) is 242 Å². The predicted octanol–water partition coefficient (Wildman–Crippen LogP) is 17.5. The van der Waals surface area contributed by atoms with Gasteiger partial charge in [-0.2, -0.15) is 0 Å². The van der Waals surface area contributed by atoms with Gasteiger partial charge in [0.25, 0.3) is 0 Å². The molecule has 73 heavy (non-hydrogen) atoms. The molecular formula is C70H42N2S. The molecule has 1 aromatic heterocycles. The molecule has 0 amide bonds. The minimum absolute atomic E-state index is 0.496. The maximum Gasteiger partial charge on any atom is 0.160 e. The van der Waals surface area contributed by atoms with Gasteiger partial charge in [-0.3, -0.25) is 0 Å². The lowest BCUT2D eigenvalue weighted by atomic mass is 9.52. The number of hydrogen-bond donors (Lipinski definition) is 0. The fourth-order valence-corrected chi connectivity index (χ4v) is 14.7. The Balaban J connectivity index is 0.898. The fourth-order valence-electron chi connectivity index (χ4n) is 13.4. The fraction of sp³-hybridized carbons (Fsp3) is 0.0286. The zero-order chi connectivity index (χ0) is 47.8. The number of fused-ring (bicyclic) bond motifs is 22. The van der Waals surface area contributed by atoms with Crippen molar-refractivity contribution in [2.45, 2.75) is 20.6 Å². The van der Waals surface area contributed by atoms with E-state index in [1.54, 1.807) is 0 Å². The van der Waals surface area contributed by atoms with E-state index in [9.17, 15) is 0 Å². The first-order chi connectivity index (χ1) is 36.2. The Morgan fingerprint density at radius 2 is 0.822 bits per heavy atom. The summed E-state index contributed by atoms with van der Waals surface area (Å²) in [7, 11) is 0. The second-order valence-corrected chi connectivity index (χ2v) is 21.0. The summed E-state index contributed by atoms with van der Waals surface area (Å²) in [5.74, 6) is 0.710. The molecule has 2 bridgehead atoms. The molecule has 2 heterocycles. The number of rotatable bonds is 4. The van der Waals surface area contributed by atoms with Gasteiger partial charge in [0.05, 0.1) is 22.2 Å². The molecule has 4 aliphatic rings. The number of hydrogen-bond acceptors (Lipinski definition) is 3. The van der Waals surface area contributed by atoms with Crippen LogP contribution < -0.4 is 0 Å². The molecule has 338 valence electrons. The molecule has 0 saturated carbocycles. The summed E-state index contributed by atoms with van der Waals surface area (Å²) in [6.45, 7) is 0. The molecule has 12 aromatic rings. The molecule has 3 aliphatic carbocycles. The molecule has 0 N–H and O–H groups in total. The molecule has 0 fully saturated rings. The zero-order valence-electron chi connectivity index (χ0n) is 39.6. The highest BCUT2D eigenvalue weighted by atomic mass is 32.2. The second kappa shape index (κ2) is 15.3. The first kappa shape index (κ1) is 40.8. The van der Waals surface area contributed by atoms with Crippen molar-refractivity contribution in [2.75, 3.05) is 0 Å². The van der Waals surface area contributed by atoms with Crippen LogP contribution in [-0.4, -0.2) is 9.97 Å². The molecule has 0 radical (unpaired) electrons. The monoisotopic (exact) mass is 942 g/mol. The Morgan fingerprint density at radius 3 is 1.56 bits per heavy atom. The maximum absolute atomic E-state index is 5.22. The predicted molar refractivity (Wildman–Crippen MR) is 299 cm³/mol. The summed E-state index contributed by atoms with van der Waals surface area (Å²) in [5.41, 5.74) is 24.8. The number of aromatic nitrogens is 2. The van der Waals surface area contributed by atoms with Gasteiger partial charge in [0.15, 0.2) is 5.82 Å². The molecule has 0 saturated heterocycles. The number of nitrogens with zero attached hydrogens (tertiary/aromatic N) is 2. The Kier molecular flexibility index (Phi) is 8.56. The van der Waals surface area contributed by atoms with Crippen molar-refractivity contribution < 1.29 is 0 Å². The van der Waals surface area contributed by atoms with E-state index in [-0.39, 0.29) is 0 Å². The first-order valence-corrected chi connectivity index (χ1v) is 26.0. The van der Waals surface area contributed by atoms with E-state index in [0.29, 0.717) is 5.82 Å². The van der Waals surface area contributed by atoms with Crippen molar-refractivity contribution in [3.63, 3.8) is 0 Å². The van der Waals surface area contributed by atoms with Crippen LogP contribution >= 0.6 is 11.8 Å². The Hall–Kier alpha value is -8.89. The van der Waals surface area contributed by atoms with Crippen LogP contribution in [0.3, 0.4) is 0 Å². The summed E-state index contributed by atoms with van der Waals surface area (Å²) >= 11 is 1.93. The molecule has 1 aliphatic heterocycles. The van der Waals surface area contributed by atoms with E-state index in [4.69, 9.17) is 9.97 Å². The van der Waals surface area contributed by atoms with E-state index in [1.165, 1.54) is 104 Å². The van der Waals surface area contributed by atoms with Gasteiger partial charge in [-0.15, -0.1) is 0 Å². The Morgan fingerprint density at radius 1 is 0.288 bits per heavy atom. The molecule has 16 rings (SSSR count). The maximum atomic E-state index is 5.22. The largest absolute Gasteiger partial charge is 0.228 e. The zero-order valence-corrected chi connectivity index (χ0v) is 40.4. The van der Waals surface area contributed by atoms with Gasteiger partial charge >= 0.3 is 0 Å². The molecule has 0 unspecified atom stereocenters. The van der Waals surface area contributed by atoms with Crippen LogP contribution in [0.5, 0.6) is 0 Å². The summed E-state index contributed by atoms with van der Waals surface area (Å²) < 4.78 is 0. The van der Waals surface area contributed by atoms with E-state index in [0.717, 1.165) is 33.6 Å². The molecule has 2 spiro atoms. The molecule has 11 aromatic carbocycles. The molecule has 0 atom stereocenters. The highest BCUT2D eigenvalue weighted by molar-refractivity contribution is 7.99. The highest BCUT2D eigenvalue weighted by Crippen LogP contribution is 2.69. The van der Waals surface area contributed by atoms with Crippen LogP contribution in [0.1, 0.15) is 44.5 Å². The Labute approximate surface area is 428 Å². The van der Waals surface area contributed by atoms with Crippen molar-refractivity contribution in [1.82, 2.24) is 9.97 Å². The number of benzene rings is 11. The first-order valence-electron chi connectivity index (χ1n) is 25.2. The molecule has 3 heteroatoms. The topological polar surface area (TPSA) is 25.8 Å². The minimum Gasteiger partial charge on any atom is -0.228 e. The van der Waals surface area contributed by atoms with E-state index >= 15 is 0 Å². The van der Waals surface area contributed by atoms with Gasteiger partial charge in [-0.05, 0) is 124 Å². The third-order valence-corrected chi connectivity index (χ3v) is 17.5. The average Bonchev–Trinajstić information content (AvgIpc) is 4.06. The van der Waals surface area contributed by atoms with Crippen LogP contribution in [0, 0.1) is 0 Å². The smallest absolute Gasteiger partial charge is 0.160 e. The normalized spacial score (nSPS) is 14.2. The van der Waals surface area contributed by atoms with Crippen LogP contribution in [0.2, 0.25) is 0 Å². The summed E-state index contributed by atoms with van der Waals surface area (Å²) in [5, 5.41) is 2.36. The third kappa shape index (κ3) is 5.55. The van der Waals surface area contributed by atoms with Crippen molar-refractivity contribution >= 4 is 22.5 Å². The van der Waals surface area contributed by atoms with Crippen LogP contribution in [-0.2, 0) is 10.8 Å². The van der Waals surface area contributed by atoms with Crippen LogP contribution in [0.4, 0.5) is 0 Å². The van der Waals surface area contributed by atoms with Gasteiger partial charge in [0, 0.05) is 26.5 Å². The quantitative estimate of drug-likeness (QED) is 0.176. The molecule has 2 nitrogen and oxygen atoms in total. The second-order valence-electron chi connectivity index (χ2n) is 19.9. The lowest BCUT2D eigenvalue weighted by Gasteiger charge is -2.49. The average molecular weight is 943 g/mol. The van der Waals surface area contributed by atoms with E-state index < -0.39 is 10.8 Å². The lowest BCUT2D eigenvalue weighted by Crippen LogP contribution is -2.44. The van der Waals surface area contributed by atoms with Crippen LogP contribution in [0.25, 0.3) is 89.2 Å². The van der Waals surface area contributed by atoms with Crippen molar-refractivity contribution in [3.05, 3.63) is 299 Å². The van der Waals surface area contributed by atoms with Gasteiger partial charge in [0.2, 0.25) is 0 Å². The van der Waals surface area contributed by atoms with Gasteiger partial charge in [0.1, 0.15) is 0 Å². The van der Waals surface area contributed by atoms with E-state index in [2.05, 4.69) is 249 Å². The summed E-state index contributed by atoms with van der Waals surface area (Å²) in [4.78, 5) is 13.0. The molecular weight excluding hydrogens is 901 g/mol. The van der Waals surface area contributed by atoms with Crippen molar-refractivity contribution in [1.29, 1.82) is 0 Å². The van der Waals surface area contributed by atoms with Gasteiger partial charge < -0.3 is 0 Å². The Bertz CT molecular complexity index is 4200. The minimum atomic E-state index is -0.599. The van der Waals surface area contributed by atoms with Crippen molar-refractivity contribution in [2.24, 2.45) is 0 Å². The van der Waals surface area contributed by atoms with Crippen molar-refractivity contribution in [3.8, 4) is 78.4 Å². The summed E-state index contributed by atoms with van der Waals surface area (Å²) in [6, 6.07) is 94.8.